The minimum absolute atomic E-state index is 0.224. The second-order valence-electron chi connectivity index (χ2n) is 15.1. The van der Waals surface area contributed by atoms with E-state index < -0.39 is 95.3 Å². The number of hydrogen-bond donors (Lipinski definition) is 3. The topological polar surface area (TPSA) is 162 Å². The molecule has 48 heavy (non-hydrogen) atoms. The first-order valence-corrected chi connectivity index (χ1v) is 17.5. The van der Waals surface area contributed by atoms with Crippen molar-refractivity contribution < 1.29 is 53.0 Å². The molecular weight excluding hydrogens is 624 g/mol. The number of carbonyl (C=O) groups is 3. The summed E-state index contributed by atoms with van der Waals surface area (Å²) in [5, 5.41) is 27.3. The number of ether oxygens (including phenoxy) is 6. The zero-order chi connectivity index (χ0) is 36.5. The van der Waals surface area contributed by atoms with Gasteiger partial charge in [-0.25, -0.2) is 4.79 Å². The molecule has 0 aromatic heterocycles. The van der Waals surface area contributed by atoms with E-state index in [0.29, 0.717) is 19.3 Å². The van der Waals surface area contributed by atoms with E-state index in [2.05, 4.69) is 5.32 Å². The number of aliphatic hydroxyl groups excluding tert-OH is 1. The lowest BCUT2D eigenvalue weighted by Gasteiger charge is -2.51. The number of cyclic esters (lactones) is 1. The molecule has 3 aliphatic heterocycles. The van der Waals surface area contributed by atoms with Crippen molar-refractivity contribution in [2.45, 2.75) is 161 Å². The molecule has 3 heterocycles. The van der Waals surface area contributed by atoms with Gasteiger partial charge < -0.3 is 48.9 Å². The number of rotatable bonds is 7. The van der Waals surface area contributed by atoms with Crippen LogP contribution in [-0.4, -0.2) is 120 Å². The molecular formula is C35H62N2O11. The number of methoxy groups -OCH3 is 1. The highest BCUT2D eigenvalue weighted by molar-refractivity contribution is 5.74. The molecule has 3 saturated heterocycles. The van der Waals surface area contributed by atoms with Gasteiger partial charge in [-0.05, 0) is 73.4 Å². The maximum Gasteiger partial charge on any atom is 0.408 e. The van der Waals surface area contributed by atoms with E-state index in [1.54, 1.807) is 27.9 Å². The van der Waals surface area contributed by atoms with Crippen LogP contribution in [0, 0.1) is 23.7 Å². The quantitative estimate of drug-likeness (QED) is 0.265. The highest BCUT2D eigenvalue weighted by Crippen LogP contribution is 2.46. The number of carbonyl (C=O) groups excluding carboxylic acids is 3. The third kappa shape index (κ3) is 7.81. The smallest absolute Gasteiger partial charge is 0.408 e. The number of aliphatic hydroxyl groups is 2. The summed E-state index contributed by atoms with van der Waals surface area (Å²) >= 11 is 0. The highest BCUT2D eigenvalue weighted by atomic mass is 16.7. The Kier molecular flexibility index (Phi) is 13.0. The number of nitrogens with zero attached hydrogens (tertiary/aromatic N) is 1. The Morgan fingerprint density at radius 1 is 1.10 bits per heavy atom. The molecule has 1 amide bonds. The molecule has 0 saturated carbocycles. The SMILES string of the molecule is CCC1OC(=O)[C@H](C)[C@@H](O)[C@H](C)[C@@H](O[C@@H]2O[C@H](C)C[C@H](N(C)C)[C@H]2OC(C)=O)[C@](C)(OC)C[C@@H](C)[C@@](O)(CC)[C@H](C)[C@H]2NC(=O)O[C@]12C. The van der Waals surface area contributed by atoms with Crippen LogP contribution >= 0.6 is 0 Å². The molecule has 3 rings (SSSR count). The van der Waals surface area contributed by atoms with Crippen LogP contribution in [0.2, 0.25) is 0 Å². The first-order valence-electron chi connectivity index (χ1n) is 17.5. The standard InChI is InChI=1S/C35H62N2O11/c1-14-25-34(10)28(36-32(41)48-34)22(7)35(42,15-2)18(3)17-33(9,43-13)29(20(5)26(39)21(6)30(40)46-25)47-31-27(45-23(8)38)24(37(11)12)16-19(4)44-31/h18-22,24-29,31,39,42H,14-17H2,1-13H3,(H,36,41)/t18-,19-,20+,21-,22-,24+,25?,26+,27-,28-,29-,31+,33-,34-,35+/m1/s1. The van der Waals surface area contributed by atoms with Crippen molar-refractivity contribution in [1.29, 1.82) is 0 Å². The fourth-order valence-electron chi connectivity index (χ4n) is 8.51. The van der Waals surface area contributed by atoms with E-state index in [0.717, 1.165) is 0 Å². The molecule has 0 spiro atoms. The summed E-state index contributed by atoms with van der Waals surface area (Å²) in [6.07, 6.45) is -4.28. The molecule has 1 unspecified atom stereocenters. The average Bonchev–Trinajstić information content (AvgIpc) is 3.34. The molecule has 13 heteroatoms. The highest BCUT2D eigenvalue weighted by Gasteiger charge is 2.60. The Morgan fingerprint density at radius 2 is 1.73 bits per heavy atom. The van der Waals surface area contributed by atoms with E-state index in [9.17, 15) is 24.6 Å². The molecule has 0 bridgehead atoms. The summed E-state index contributed by atoms with van der Waals surface area (Å²) < 4.78 is 37.1. The lowest BCUT2D eigenvalue weighted by molar-refractivity contribution is -0.305. The Morgan fingerprint density at radius 3 is 2.25 bits per heavy atom. The van der Waals surface area contributed by atoms with E-state index >= 15 is 0 Å². The summed E-state index contributed by atoms with van der Waals surface area (Å²) in [5.74, 6) is -3.90. The number of amides is 1. The molecule has 13 nitrogen and oxygen atoms in total. The Hall–Kier alpha value is -2.03. The Labute approximate surface area is 286 Å². The lowest BCUT2D eigenvalue weighted by atomic mass is 9.65. The Bertz CT molecular complexity index is 1140. The predicted octanol–water partition coefficient (Wildman–Crippen LogP) is 3.41. The van der Waals surface area contributed by atoms with E-state index in [-0.39, 0.29) is 18.6 Å². The van der Waals surface area contributed by atoms with Crippen molar-refractivity contribution in [3.05, 3.63) is 0 Å². The number of hydrogen-bond acceptors (Lipinski definition) is 12. The number of nitrogens with one attached hydrogen (secondary N) is 1. The van der Waals surface area contributed by atoms with Crippen LogP contribution in [0.15, 0.2) is 0 Å². The fourth-order valence-corrected chi connectivity index (χ4v) is 8.51. The molecule has 3 fully saturated rings. The maximum absolute atomic E-state index is 13.7. The molecule has 0 aromatic rings. The summed E-state index contributed by atoms with van der Waals surface area (Å²) in [6.45, 7) is 17.7. The summed E-state index contributed by atoms with van der Waals surface area (Å²) in [4.78, 5) is 40.8. The lowest BCUT2D eigenvalue weighted by Crippen LogP contribution is -2.63. The first-order chi connectivity index (χ1) is 22.2. The van der Waals surface area contributed by atoms with E-state index in [4.69, 9.17) is 28.4 Å². The molecule has 3 N–H and O–H groups in total. The second-order valence-corrected chi connectivity index (χ2v) is 15.1. The van der Waals surface area contributed by atoms with Crippen molar-refractivity contribution >= 4 is 18.0 Å². The molecule has 3 aliphatic rings. The predicted molar refractivity (Wildman–Crippen MR) is 177 cm³/mol. The van der Waals surface area contributed by atoms with Crippen LogP contribution in [0.5, 0.6) is 0 Å². The van der Waals surface area contributed by atoms with Crippen LogP contribution in [0.4, 0.5) is 4.79 Å². The molecule has 0 aromatic carbocycles. The zero-order valence-corrected chi connectivity index (χ0v) is 31.3. The average molecular weight is 687 g/mol. The van der Waals surface area contributed by atoms with Gasteiger partial charge in [0, 0.05) is 25.9 Å². The van der Waals surface area contributed by atoms with Crippen molar-refractivity contribution in [3.63, 3.8) is 0 Å². The number of likely N-dealkylation sites (N-methyl/N-ethyl adjacent to an activating group) is 1. The Balaban J connectivity index is 2.19. The third-order valence-corrected chi connectivity index (χ3v) is 11.7. The van der Waals surface area contributed by atoms with Gasteiger partial charge in [-0.15, -0.1) is 0 Å². The minimum Gasteiger partial charge on any atom is -0.458 e. The maximum atomic E-state index is 13.7. The van der Waals surface area contributed by atoms with Crippen molar-refractivity contribution in [1.82, 2.24) is 10.2 Å². The van der Waals surface area contributed by atoms with Gasteiger partial charge in [0.15, 0.2) is 18.0 Å². The van der Waals surface area contributed by atoms with Gasteiger partial charge in [0.1, 0.15) is 6.10 Å². The van der Waals surface area contributed by atoms with E-state index in [1.165, 1.54) is 6.92 Å². The normalized spacial score (nSPS) is 46.2. The summed E-state index contributed by atoms with van der Waals surface area (Å²) in [5.41, 5.74) is -3.81. The van der Waals surface area contributed by atoms with Gasteiger partial charge in [-0.1, -0.05) is 34.6 Å². The van der Waals surface area contributed by atoms with E-state index in [1.807, 2.05) is 60.5 Å². The number of alkyl carbamates (subject to hydrolysis) is 1. The summed E-state index contributed by atoms with van der Waals surface area (Å²) in [6, 6.07) is -0.930. The summed E-state index contributed by atoms with van der Waals surface area (Å²) in [7, 11) is 5.34. The van der Waals surface area contributed by atoms with Crippen LogP contribution < -0.4 is 5.32 Å². The molecule has 0 radical (unpaired) electrons. The molecule has 0 aliphatic carbocycles. The van der Waals surface area contributed by atoms with Gasteiger partial charge in [-0.2, -0.15) is 0 Å². The molecule has 15 atom stereocenters. The van der Waals surface area contributed by atoms with Gasteiger partial charge in [0.05, 0.1) is 47.5 Å². The van der Waals surface area contributed by atoms with Gasteiger partial charge in [0.25, 0.3) is 0 Å². The van der Waals surface area contributed by atoms with Crippen molar-refractivity contribution in [2.24, 2.45) is 23.7 Å². The fraction of sp³-hybridized carbons (Fsp3) is 0.914. The van der Waals surface area contributed by atoms with Crippen molar-refractivity contribution in [3.8, 4) is 0 Å². The first kappa shape index (κ1) is 40.4. The van der Waals surface area contributed by atoms with Gasteiger partial charge in [-0.3, -0.25) is 9.59 Å². The largest absolute Gasteiger partial charge is 0.458 e. The monoisotopic (exact) mass is 686 g/mol. The number of fused-ring (bicyclic) bond motifs is 1. The van der Waals surface area contributed by atoms with Gasteiger partial charge >= 0.3 is 18.0 Å². The van der Waals surface area contributed by atoms with Gasteiger partial charge in [0.2, 0.25) is 0 Å². The minimum atomic E-state index is -1.36. The van der Waals surface area contributed by atoms with Crippen LogP contribution in [0.25, 0.3) is 0 Å². The van der Waals surface area contributed by atoms with Crippen LogP contribution in [0.3, 0.4) is 0 Å². The number of esters is 2. The second kappa shape index (κ2) is 15.5. The molecule has 278 valence electrons. The third-order valence-electron chi connectivity index (χ3n) is 11.7. The van der Waals surface area contributed by atoms with Crippen LogP contribution in [-0.2, 0) is 38.0 Å². The zero-order valence-electron chi connectivity index (χ0n) is 31.3. The van der Waals surface area contributed by atoms with Crippen molar-refractivity contribution in [2.75, 3.05) is 21.2 Å². The van der Waals surface area contributed by atoms with Crippen LogP contribution in [0.1, 0.15) is 94.9 Å².